The normalized spacial score (nSPS) is 16.6. The highest BCUT2D eigenvalue weighted by molar-refractivity contribution is 7.93. The third-order valence-electron chi connectivity index (χ3n) is 8.82. The predicted molar refractivity (Wildman–Crippen MR) is 170 cm³/mol. The van der Waals surface area contributed by atoms with Crippen molar-refractivity contribution in [2.45, 2.75) is 65.5 Å². The second kappa shape index (κ2) is 12.9. The van der Waals surface area contributed by atoms with Crippen LogP contribution in [0.4, 0.5) is 3.89 Å². The summed E-state index contributed by atoms with van der Waals surface area (Å²) in [6.45, 7) is 12.0. The molecule has 220 valence electrons. The minimum atomic E-state index is -0.327. The van der Waals surface area contributed by atoms with Gasteiger partial charge in [0.1, 0.15) is 6.10 Å². The van der Waals surface area contributed by atoms with Crippen LogP contribution >= 0.6 is 12.3 Å². The molecule has 1 aliphatic heterocycles. The van der Waals surface area contributed by atoms with Crippen LogP contribution in [0.2, 0.25) is 0 Å². The van der Waals surface area contributed by atoms with E-state index in [0.29, 0.717) is 17.3 Å². The molecule has 5 rings (SSSR count). The van der Waals surface area contributed by atoms with E-state index in [1.165, 1.54) is 15.1 Å². The van der Waals surface area contributed by atoms with Crippen LogP contribution in [0.5, 0.6) is 0 Å². The summed E-state index contributed by atoms with van der Waals surface area (Å²) in [6, 6.07) is 16.4. The number of ether oxygens (including phenoxy) is 1. The van der Waals surface area contributed by atoms with Gasteiger partial charge in [0.25, 0.3) is 0 Å². The highest BCUT2D eigenvalue weighted by atomic mass is 32.2. The number of aromatic nitrogens is 3. The molecule has 3 heterocycles. The predicted octanol–water partition coefficient (Wildman–Crippen LogP) is 8.37. The van der Waals surface area contributed by atoms with Gasteiger partial charge < -0.3 is 4.74 Å². The Labute approximate surface area is 252 Å². The lowest BCUT2D eigenvalue weighted by Gasteiger charge is -2.37. The number of imidazole rings is 1. The first-order valence-electron chi connectivity index (χ1n) is 14.5. The molecule has 0 N–H and O–H groups in total. The smallest absolute Gasteiger partial charge is 0.171 e. The van der Waals surface area contributed by atoms with Crippen molar-refractivity contribution in [3.8, 4) is 11.1 Å². The summed E-state index contributed by atoms with van der Waals surface area (Å²) < 4.78 is 21.0. The van der Waals surface area contributed by atoms with Crippen molar-refractivity contribution in [2.75, 3.05) is 20.2 Å². The molecule has 0 radical (unpaired) electrons. The van der Waals surface area contributed by atoms with Crippen molar-refractivity contribution in [3.63, 3.8) is 0 Å². The lowest BCUT2D eigenvalue weighted by molar-refractivity contribution is 0.101. The number of nitrogens with zero attached hydrogens (tertiary/aromatic N) is 4. The number of carbonyl (C=O) groups excluding carboxylic acids is 1. The minimum absolute atomic E-state index is 0.108. The molecule has 1 saturated heterocycles. The second-order valence-electron chi connectivity index (χ2n) is 11.3. The number of halogens is 1. The van der Waals surface area contributed by atoms with Crippen LogP contribution in [-0.4, -0.2) is 50.9 Å². The Morgan fingerprint density at radius 3 is 2.45 bits per heavy atom. The zero-order valence-corrected chi connectivity index (χ0v) is 26.0. The molecule has 4 aromatic rings. The highest BCUT2D eigenvalue weighted by Crippen LogP contribution is 2.35. The monoisotopic (exact) mass is 586 g/mol. The molecule has 2 atom stereocenters. The SMILES string of the molecule is COC(C)c1nc2ccc(-c3ccnc(C)c3/C=C(\C)C(C)N3CCC(c4ccc(C(C)=O)cc4)CC3)cc2n1SF. The molecule has 1 fully saturated rings. The first kappa shape index (κ1) is 30.1. The molecule has 2 aromatic heterocycles. The summed E-state index contributed by atoms with van der Waals surface area (Å²) in [5.41, 5.74) is 8.89. The summed E-state index contributed by atoms with van der Waals surface area (Å²) in [6.07, 6.45) is 5.96. The summed E-state index contributed by atoms with van der Waals surface area (Å²) in [7, 11) is 1.60. The molecular weight excluding hydrogens is 547 g/mol. The fourth-order valence-corrected chi connectivity index (χ4v) is 6.41. The largest absolute Gasteiger partial charge is 0.374 e. The maximum Gasteiger partial charge on any atom is 0.171 e. The Balaban J connectivity index is 1.37. The van der Waals surface area contributed by atoms with Gasteiger partial charge in [-0.25, -0.2) is 8.96 Å². The summed E-state index contributed by atoms with van der Waals surface area (Å²) in [4.78, 5) is 23.4. The second-order valence-corrected chi connectivity index (χ2v) is 11.8. The number of ketones is 1. The maximum atomic E-state index is 14.1. The third kappa shape index (κ3) is 6.07. The van der Waals surface area contributed by atoms with Gasteiger partial charge in [0.15, 0.2) is 23.9 Å². The van der Waals surface area contributed by atoms with Crippen molar-refractivity contribution in [3.05, 3.63) is 88.5 Å². The lowest BCUT2D eigenvalue weighted by atomic mass is 9.87. The standard InChI is InChI=1S/C34H39FN4O2S/c1-21(23(3)38-17-14-28(15-18-38)27-9-7-26(8-10-27)24(4)40)19-31-22(2)36-16-13-30(31)29-11-12-32-33(20-29)39(42-35)34(37-32)25(5)41-6/h7-13,16,19-20,23,25,28H,14-15,17-18H2,1-6H3/b21-19+. The van der Waals surface area contributed by atoms with Crippen LogP contribution in [0.1, 0.15) is 85.6 Å². The summed E-state index contributed by atoms with van der Waals surface area (Å²) in [5.74, 6) is 1.17. The topological polar surface area (TPSA) is 60.3 Å². The summed E-state index contributed by atoms with van der Waals surface area (Å²) >= 11 is 0.148. The van der Waals surface area contributed by atoms with Gasteiger partial charge in [-0.05, 0) is 101 Å². The molecule has 6 nitrogen and oxygen atoms in total. The van der Waals surface area contributed by atoms with E-state index < -0.39 is 0 Å². The number of benzene rings is 2. The molecule has 8 heteroatoms. The van der Waals surface area contributed by atoms with Gasteiger partial charge >= 0.3 is 0 Å². The number of methoxy groups -OCH3 is 1. The third-order valence-corrected chi connectivity index (χ3v) is 9.34. The van der Waals surface area contributed by atoms with E-state index in [4.69, 9.17) is 4.74 Å². The number of carbonyl (C=O) groups is 1. The van der Waals surface area contributed by atoms with Crippen LogP contribution in [0.25, 0.3) is 28.2 Å². The van der Waals surface area contributed by atoms with E-state index >= 15 is 0 Å². The van der Waals surface area contributed by atoms with E-state index in [9.17, 15) is 8.68 Å². The van der Waals surface area contributed by atoms with E-state index in [0.717, 1.165) is 59.4 Å². The molecular formula is C34H39FN4O2S. The lowest BCUT2D eigenvalue weighted by Crippen LogP contribution is -2.40. The fraction of sp³-hybridized carbons (Fsp3) is 0.382. The van der Waals surface area contributed by atoms with E-state index in [-0.39, 0.29) is 30.3 Å². The van der Waals surface area contributed by atoms with Crippen LogP contribution in [-0.2, 0) is 4.74 Å². The molecule has 0 bridgehead atoms. The Kier molecular flexibility index (Phi) is 9.25. The van der Waals surface area contributed by atoms with E-state index in [1.54, 1.807) is 14.0 Å². The quantitative estimate of drug-likeness (QED) is 0.184. The van der Waals surface area contributed by atoms with E-state index in [1.807, 2.05) is 56.4 Å². The number of hydrogen-bond donors (Lipinski definition) is 0. The van der Waals surface area contributed by atoms with Crippen molar-refractivity contribution in [2.24, 2.45) is 0 Å². The van der Waals surface area contributed by atoms with Gasteiger partial charge in [0.05, 0.1) is 11.0 Å². The van der Waals surface area contributed by atoms with Crippen molar-refractivity contribution >= 4 is 35.2 Å². The average Bonchev–Trinajstić information content (AvgIpc) is 3.39. The van der Waals surface area contributed by atoms with Gasteiger partial charge in [0, 0.05) is 36.2 Å². The van der Waals surface area contributed by atoms with Crippen LogP contribution in [0.15, 0.2) is 60.3 Å². The molecule has 0 spiro atoms. The van der Waals surface area contributed by atoms with Crippen LogP contribution in [0.3, 0.4) is 0 Å². The number of likely N-dealkylation sites (tertiary alicyclic amines) is 1. The summed E-state index contributed by atoms with van der Waals surface area (Å²) in [5, 5.41) is 0. The van der Waals surface area contributed by atoms with Crippen LogP contribution in [0, 0.1) is 6.92 Å². The number of piperidine rings is 1. The number of Topliss-reactive ketones (excluding diaryl/α,β-unsaturated/α-hetero) is 1. The van der Waals surface area contributed by atoms with Gasteiger partial charge in [0.2, 0.25) is 0 Å². The first-order valence-corrected chi connectivity index (χ1v) is 15.2. The highest BCUT2D eigenvalue weighted by Gasteiger charge is 2.25. The van der Waals surface area contributed by atoms with Gasteiger partial charge in [-0.1, -0.05) is 42.0 Å². The van der Waals surface area contributed by atoms with Gasteiger partial charge in [-0.15, -0.1) is 3.89 Å². The Bertz CT molecular complexity index is 1610. The maximum absolute atomic E-state index is 14.1. The molecule has 42 heavy (non-hydrogen) atoms. The molecule has 0 amide bonds. The average molecular weight is 587 g/mol. The van der Waals surface area contributed by atoms with Crippen molar-refractivity contribution in [1.82, 2.24) is 18.8 Å². The number of fused-ring (bicyclic) bond motifs is 1. The molecule has 1 aliphatic rings. The van der Waals surface area contributed by atoms with Crippen molar-refractivity contribution < 1.29 is 13.4 Å². The van der Waals surface area contributed by atoms with Gasteiger partial charge in [-0.2, -0.15) is 0 Å². The first-order chi connectivity index (χ1) is 20.2. The number of pyridine rings is 1. The Morgan fingerprint density at radius 1 is 1.10 bits per heavy atom. The van der Waals surface area contributed by atoms with E-state index in [2.05, 4.69) is 46.9 Å². The fourth-order valence-electron chi connectivity index (χ4n) is 5.93. The zero-order valence-electron chi connectivity index (χ0n) is 25.2. The minimum Gasteiger partial charge on any atom is -0.374 e. The number of aryl methyl sites for hydroxylation is 1. The van der Waals surface area contributed by atoms with Gasteiger partial charge in [-0.3, -0.25) is 14.7 Å². The Hall–Kier alpha value is -3.33. The number of rotatable bonds is 9. The molecule has 0 saturated carbocycles. The number of hydrogen-bond acceptors (Lipinski definition) is 6. The zero-order chi connectivity index (χ0) is 30.0. The van der Waals surface area contributed by atoms with Crippen LogP contribution < -0.4 is 0 Å². The van der Waals surface area contributed by atoms with Crippen molar-refractivity contribution in [1.29, 1.82) is 0 Å². The Morgan fingerprint density at radius 2 is 1.81 bits per heavy atom. The molecule has 0 aliphatic carbocycles. The molecule has 2 aromatic carbocycles. The molecule has 2 unspecified atom stereocenters.